The van der Waals surface area contributed by atoms with Crippen LogP contribution in [0.3, 0.4) is 0 Å². The molecule has 0 radical (unpaired) electrons. The summed E-state index contributed by atoms with van der Waals surface area (Å²) < 4.78 is 14.9. The number of fused-ring (bicyclic) bond motifs is 7. The normalized spacial score (nSPS) is 30.0. The first kappa shape index (κ1) is 32.5. The van der Waals surface area contributed by atoms with E-state index in [-0.39, 0.29) is 61.3 Å². The Balaban J connectivity index is 1.18. The van der Waals surface area contributed by atoms with Crippen LogP contribution >= 0.6 is 0 Å². The van der Waals surface area contributed by atoms with Gasteiger partial charge in [-0.1, -0.05) is 5.92 Å². The summed E-state index contributed by atoms with van der Waals surface area (Å²) in [5.41, 5.74) is 13.0. The second kappa shape index (κ2) is 13.1. The maximum Gasteiger partial charge on any atom is 0.229 e. The molecule has 4 aromatic rings. The first-order valence-corrected chi connectivity index (χ1v) is 15.3. The monoisotopic (exact) mass is 679 g/mol. The van der Waals surface area contributed by atoms with E-state index >= 15 is 0 Å². The lowest BCUT2D eigenvalue weighted by Gasteiger charge is -2.25. The third-order valence-electron chi connectivity index (χ3n) is 8.61. The number of rotatable bonds is 3. The summed E-state index contributed by atoms with van der Waals surface area (Å²) in [5.74, 6) is 5.10. The number of carbonyl (C=O) groups is 2. The highest BCUT2D eigenvalue weighted by atomic mass is 16.6. The predicted octanol–water partition coefficient (Wildman–Crippen LogP) is -4.64. The summed E-state index contributed by atoms with van der Waals surface area (Å²) in [6.45, 7) is 0.224. The third-order valence-corrected chi connectivity index (χ3v) is 8.61. The average molecular weight is 680 g/mol. The smallest absolute Gasteiger partial charge is 0.229 e. The van der Waals surface area contributed by atoms with E-state index < -0.39 is 67.3 Å². The number of carbonyl (C=O) groups excluding carboxylic acids is 2. The first-order chi connectivity index (χ1) is 23.6. The van der Waals surface area contributed by atoms with Gasteiger partial charge in [0, 0.05) is 26.2 Å². The fraction of sp³-hybridized carbons (Fsp3) is 0.500. The van der Waals surface area contributed by atoms with Gasteiger partial charge in [0.2, 0.25) is 11.8 Å². The van der Waals surface area contributed by atoms with Gasteiger partial charge >= 0.3 is 0 Å². The van der Waals surface area contributed by atoms with E-state index in [1.54, 1.807) is 4.90 Å². The van der Waals surface area contributed by atoms with Crippen molar-refractivity contribution in [3.8, 4) is 11.8 Å². The van der Waals surface area contributed by atoms with Crippen LogP contribution in [0.4, 0.5) is 11.6 Å². The molecule has 258 valence electrons. The number of imidazole rings is 2. The summed E-state index contributed by atoms with van der Waals surface area (Å²) >= 11 is 0. The van der Waals surface area contributed by atoms with Crippen molar-refractivity contribution in [2.75, 3.05) is 44.2 Å². The van der Waals surface area contributed by atoms with Crippen LogP contribution in [-0.2, 0) is 19.1 Å². The minimum Gasteiger partial charge on any atom is -0.387 e. The van der Waals surface area contributed by atoms with E-state index in [0.29, 0.717) is 11.2 Å². The van der Waals surface area contributed by atoms with Crippen molar-refractivity contribution in [2.24, 2.45) is 0 Å². The highest BCUT2D eigenvalue weighted by molar-refractivity contribution is 5.96. The number of hydrogen-bond acceptors (Lipinski definition) is 17. The van der Waals surface area contributed by atoms with Crippen LogP contribution in [0.25, 0.3) is 22.3 Å². The molecule has 7 heterocycles. The van der Waals surface area contributed by atoms with Crippen LogP contribution in [0.2, 0.25) is 0 Å². The number of nitrogens with one attached hydrogen (secondary N) is 2. The van der Waals surface area contributed by atoms with Crippen LogP contribution in [0.1, 0.15) is 24.7 Å². The Morgan fingerprint density at radius 1 is 0.857 bits per heavy atom. The zero-order chi connectivity index (χ0) is 34.4. The van der Waals surface area contributed by atoms with E-state index in [1.807, 2.05) is 0 Å². The number of anilines is 2. The lowest BCUT2D eigenvalue weighted by Crippen LogP contribution is -2.44. The fourth-order valence-electron chi connectivity index (χ4n) is 6.09. The van der Waals surface area contributed by atoms with Gasteiger partial charge in [-0.3, -0.25) is 23.6 Å². The molecule has 2 bridgehead atoms. The quantitative estimate of drug-likeness (QED) is 0.0746. The number of amides is 2. The van der Waals surface area contributed by atoms with Gasteiger partial charge in [0.05, 0.1) is 12.9 Å². The van der Waals surface area contributed by atoms with Crippen LogP contribution < -0.4 is 22.1 Å². The standard InChI is InChI=1S/C28H33N13O8/c29-23-17-25(35-9-33-23)40(11-37-17)27-21(46)20(45)13(49-27)8-39-4-1-2-14-38-18-24(30)34-10-36-26(18)41(14)28-22(47)19(44)12(48-28)7-32-16(43)6-15(42)31-3-5-39/h9-13,19-22,27-28,44-47H,3-8H2,(H,31,42)(H,32,43)(H2,29,33,35)(H2,30,34,36)/t12-,13-,19-,20-,21-,22-,27-,28-/m1/s1. The Morgan fingerprint density at radius 3 is 2.37 bits per heavy atom. The van der Waals surface area contributed by atoms with Crippen LogP contribution in [0, 0.1) is 11.8 Å². The number of hydrogen-bond donors (Lipinski definition) is 8. The van der Waals surface area contributed by atoms with E-state index in [1.165, 1.54) is 28.1 Å². The van der Waals surface area contributed by atoms with Gasteiger partial charge in [-0.05, 0) is 5.92 Å². The highest BCUT2D eigenvalue weighted by Crippen LogP contribution is 2.34. The molecule has 8 atom stereocenters. The molecule has 0 aromatic carbocycles. The average Bonchev–Trinajstić information content (AvgIpc) is 3.81. The Kier molecular flexibility index (Phi) is 8.67. The van der Waals surface area contributed by atoms with E-state index in [0.717, 1.165) is 0 Å². The minimum atomic E-state index is -1.47. The number of ether oxygens (including phenoxy) is 2. The topological polar surface area (TPSA) is 300 Å². The first-order valence-electron chi connectivity index (χ1n) is 15.3. The second-order valence-electron chi connectivity index (χ2n) is 11.8. The van der Waals surface area contributed by atoms with Crippen LogP contribution in [0.5, 0.6) is 0 Å². The highest BCUT2D eigenvalue weighted by Gasteiger charge is 2.46. The number of nitrogens with zero attached hydrogens (tertiary/aromatic N) is 9. The van der Waals surface area contributed by atoms with Gasteiger partial charge in [0.1, 0.15) is 61.2 Å². The predicted molar refractivity (Wildman–Crippen MR) is 165 cm³/mol. The summed E-state index contributed by atoms with van der Waals surface area (Å²) in [7, 11) is 0. The molecule has 2 saturated heterocycles. The van der Waals surface area contributed by atoms with Crippen molar-refractivity contribution in [3.63, 3.8) is 0 Å². The summed E-state index contributed by atoms with van der Waals surface area (Å²) in [6, 6.07) is 0. The molecule has 0 aliphatic carbocycles. The van der Waals surface area contributed by atoms with Crippen molar-refractivity contribution in [1.29, 1.82) is 0 Å². The Labute approximate surface area is 276 Å². The molecule has 7 rings (SSSR count). The number of nitrogens with two attached hydrogens (primary N) is 2. The molecular weight excluding hydrogens is 646 g/mol. The summed E-state index contributed by atoms with van der Waals surface area (Å²) in [4.78, 5) is 51.9. The number of nitrogen functional groups attached to an aromatic ring is 2. The van der Waals surface area contributed by atoms with Crippen molar-refractivity contribution in [1.82, 2.24) is 54.6 Å². The number of aliphatic hydroxyl groups is 4. The molecule has 0 unspecified atom stereocenters. The van der Waals surface area contributed by atoms with E-state index in [9.17, 15) is 30.0 Å². The molecule has 3 aliphatic heterocycles. The lowest BCUT2D eigenvalue weighted by molar-refractivity contribution is -0.129. The Morgan fingerprint density at radius 2 is 1.57 bits per heavy atom. The molecule has 2 amide bonds. The number of aromatic nitrogens is 8. The minimum absolute atomic E-state index is 0.0468. The van der Waals surface area contributed by atoms with Crippen molar-refractivity contribution < 1.29 is 39.5 Å². The van der Waals surface area contributed by atoms with E-state index in [4.69, 9.17) is 20.9 Å². The van der Waals surface area contributed by atoms with Gasteiger partial charge in [0.25, 0.3) is 0 Å². The van der Waals surface area contributed by atoms with Crippen molar-refractivity contribution >= 4 is 45.8 Å². The van der Waals surface area contributed by atoms with Gasteiger partial charge in [-0.15, -0.1) is 0 Å². The zero-order valence-electron chi connectivity index (χ0n) is 25.7. The third kappa shape index (κ3) is 6.06. The molecule has 49 heavy (non-hydrogen) atoms. The molecule has 21 nitrogen and oxygen atoms in total. The Hall–Kier alpha value is -5.08. The maximum absolute atomic E-state index is 12.5. The molecule has 10 N–H and O–H groups in total. The van der Waals surface area contributed by atoms with Crippen molar-refractivity contribution in [3.05, 3.63) is 24.8 Å². The van der Waals surface area contributed by atoms with Gasteiger partial charge in [0.15, 0.2) is 46.7 Å². The number of aliphatic hydroxyl groups excluding tert-OH is 4. The Bertz CT molecular complexity index is 1960. The van der Waals surface area contributed by atoms with Gasteiger partial charge in [-0.25, -0.2) is 29.9 Å². The second-order valence-corrected chi connectivity index (χ2v) is 11.8. The van der Waals surface area contributed by atoms with Crippen LogP contribution in [0.15, 0.2) is 19.0 Å². The summed E-state index contributed by atoms with van der Waals surface area (Å²) in [5, 5.41) is 49.0. The maximum atomic E-state index is 12.5. The molecule has 3 aliphatic rings. The molecule has 2 fully saturated rings. The fourth-order valence-corrected chi connectivity index (χ4v) is 6.09. The lowest BCUT2D eigenvalue weighted by atomic mass is 10.1. The molecule has 0 saturated carbocycles. The SMILES string of the molecule is Nc1ncnc2c1ncn2[C@@H]1O[C@H](CN2CC#Cc3nc4c(N)ncnc4n3[C@@H]3O[C@H](CNC(=O)CC(=O)NCC2)[C@@H](O)[C@H]3O)[C@@H](O)[C@H]1O. The van der Waals surface area contributed by atoms with E-state index in [2.05, 4.69) is 52.4 Å². The zero-order valence-corrected chi connectivity index (χ0v) is 25.7. The largest absolute Gasteiger partial charge is 0.387 e. The van der Waals surface area contributed by atoms with Crippen LogP contribution in [-0.4, -0.2) is 146 Å². The molecule has 21 heteroatoms. The summed E-state index contributed by atoms with van der Waals surface area (Å²) in [6.07, 6.45) is -6.42. The molecular formula is C28H33N13O8. The molecule has 0 spiro atoms. The van der Waals surface area contributed by atoms with Crippen molar-refractivity contribution in [2.45, 2.75) is 55.5 Å². The van der Waals surface area contributed by atoms with Gasteiger partial charge in [-0.2, -0.15) is 0 Å². The van der Waals surface area contributed by atoms with Gasteiger partial charge < -0.3 is 52.0 Å². The molecule has 4 aromatic heterocycles.